The fourth-order valence-corrected chi connectivity index (χ4v) is 4.30. The fraction of sp³-hybridized carbons (Fsp3) is 0.345. The number of carbonyl (C=O) groups excluding carboxylic acids is 3. The Morgan fingerprint density at radius 2 is 1.48 bits per heavy atom. The molecule has 0 radical (unpaired) electrons. The Bertz CT molecular complexity index is 1350. The van der Waals surface area contributed by atoms with Crippen LogP contribution in [0.1, 0.15) is 42.4 Å². The molecule has 11 heteroatoms. The highest BCUT2D eigenvalue weighted by molar-refractivity contribution is 5.89. The van der Waals surface area contributed by atoms with E-state index in [0.717, 1.165) is 25.0 Å². The van der Waals surface area contributed by atoms with Gasteiger partial charge in [-0.2, -0.15) is 0 Å². The standard InChI is InChI=1S/C29H31NO10/c1-16-2-3-17(12-21(16)32)6-11-26(36)40-27-23(34)14-29(38,28(37)30-19-7-8-19)15-24(27)39-25(35)10-5-18-4-9-20(31)22(33)13-18/h2-6,9-13,19,23-24,27,31-34,38H,7-8,14-15H2,1H3,(H,30,37)/b10-5+,11-6+/t23-,24-,27?,29-/m1/s1. The monoisotopic (exact) mass is 553 g/mol. The summed E-state index contributed by atoms with van der Waals surface area (Å²) >= 11 is 0. The number of esters is 2. The third-order valence-electron chi connectivity index (χ3n) is 6.74. The number of nitrogens with one attached hydrogen (secondary N) is 1. The lowest BCUT2D eigenvalue weighted by atomic mass is 9.78. The van der Waals surface area contributed by atoms with Crippen LogP contribution in [-0.2, 0) is 23.9 Å². The van der Waals surface area contributed by atoms with Crippen LogP contribution in [0.25, 0.3) is 12.2 Å². The van der Waals surface area contributed by atoms with Crippen molar-refractivity contribution >= 4 is 30.0 Å². The molecule has 2 aromatic carbocycles. The maximum atomic E-state index is 12.7. The van der Waals surface area contributed by atoms with Gasteiger partial charge in [0.2, 0.25) is 0 Å². The first-order chi connectivity index (χ1) is 18.9. The molecule has 2 aliphatic carbocycles. The number of aliphatic hydroxyl groups excluding tert-OH is 1. The van der Waals surface area contributed by atoms with Crippen molar-refractivity contribution in [3.8, 4) is 17.2 Å². The predicted octanol–water partition coefficient (Wildman–Crippen LogP) is 1.83. The highest BCUT2D eigenvalue weighted by Crippen LogP contribution is 2.34. The van der Waals surface area contributed by atoms with Gasteiger partial charge in [0, 0.05) is 31.0 Å². The summed E-state index contributed by atoms with van der Waals surface area (Å²) in [7, 11) is 0. The first-order valence-electron chi connectivity index (χ1n) is 12.7. The van der Waals surface area contributed by atoms with E-state index in [1.807, 2.05) is 0 Å². The van der Waals surface area contributed by atoms with Crippen LogP contribution in [0.4, 0.5) is 0 Å². The van der Waals surface area contributed by atoms with Crippen LogP contribution in [0.3, 0.4) is 0 Å². The van der Waals surface area contributed by atoms with E-state index in [1.165, 1.54) is 36.4 Å². The van der Waals surface area contributed by atoms with E-state index in [4.69, 9.17) is 9.47 Å². The number of rotatable bonds is 8. The number of aliphatic hydroxyl groups is 2. The van der Waals surface area contributed by atoms with Crippen molar-refractivity contribution in [2.75, 3.05) is 0 Å². The Morgan fingerprint density at radius 3 is 2.08 bits per heavy atom. The third-order valence-corrected chi connectivity index (χ3v) is 6.74. The number of hydrogen-bond donors (Lipinski definition) is 6. The molecule has 0 heterocycles. The maximum absolute atomic E-state index is 12.7. The van der Waals surface area contributed by atoms with Crippen LogP contribution in [0.15, 0.2) is 48.6 Å². The summed E-state index contributed by atoms with van der Waals surface area (Å²) in [5.74, 6) is -3.20. The Morgan fingerprint density at radius 1 is 0.875 bits per heavy atom. The molecule has 2 aromatic rings. The second-order valence-electron chi connectivity index (χ2n) is 10.1. The summed E-state index contributed by atoms with van der Waals surface area (Å²) in [6.45, 7) is 1.72. The lowest BCUT2D eigenvalue weighted by molar-refractivity contribution is -0.198. The lowest BCUT2D eigenvalue weighted by Gasteiger charge is -2.41. The number of phenolic OH excluding ortho intramolecular Hbond substituents is 3. The zero-order valence-corrected chi connectivity index (χ0v) is 21.7. The molecule has 1 amide bonds. The second-order valence-corrected chi connectivity index (χ2v) is 10.1. The van der Waals surface area contributed by atoms with Crippen LogP contribution in [0, 0.1) is 6.92 Å². The molecular formula is C29H31NO10. The van der Waals surface area contributed by atoms with Crippen LogP contribution in [-0.4, -0.2) is 73.3 Å². The average Bonchev–Trinajstić information content (AvgIpc) is 3.71. The van der Waals surface area contributed by atoms with E-state index in [1.54, 1.807) is 19.1 Å². The Kier molecular flexibility index (Phi) is 8.46. The van der Waals surface area contributed by atoms with E-state index in [2.05, 4.69) is 5.32 Å². The Labute approximate surface area is 230 Å². The molecule has 2 fully saturated rings. The Balaban J connectivity index is 1.50. The molecule has 212 valence electrons. The van der Waals surface area contributed by atoms with E-state index >= 15 is 0 Å². The molecule has 0 saturated heterocycles. The van der Waals surface area contributed by atoms with Crippen molar-refractivity contribution in [3.63, 3.8) is 0 Å². The molecule has 6 N–H and O–H groups in total. The Hall–Kier alpha value is -4.35. The molecule has 0 bridgehead atoms. The first-order valence-corrected chi connectivity index (χ1v) is 12.7. The number of amides is 1. The molecule has 11 nitrogen and oxygen atoms in total. The van der Waals surface area contributed by atoms with Crippen LogP contribution in [0.5, 0.6) is 17.2 Å². The summed E-state index contributed by atoms with van der Waals surface area (Å²) < 4.78 is 10.8. The summed E-state index contributed by atoms with van der Waals surface area (Å²) in [5, 5.41) is 53.5. The van der Waals surface area contributed by atoms with Gasteiger partial charge in [-0.15, -0.1) is 0 Å². The minimum atomic E-state index is -2.07. The lowest BCUT2D eigenvalue weighted by Crippen LogP contribution is -2.60. The highest BCUT2D eigenvalue weighted by Gasteiger charge is 2.52. The number of aryl methyl sites for hydroxylation is 1. The third kappa shape index (κ3) is 7.19. The van der Waals surface area contributed by atoms with Crippen molar-refractivity contribution in [3.05, 3.63) is 65.2 Å². The van der Waals surface area contributed by atoms with Crippen molar-refractivity contribution < 1.29 is 49.4 Å². The van der Waals surface area contributed by atoms with Crippen LogP contribution in [0.2, 0.25) is 0 Å². The van der Waals surface area contributed by atoms with Crippen molar-refractivity contribution in [1.29, 1.82) is 0 Å². The quantitative estimate of drug-likeness (QED) is 0.160. The van der Waals surface area contributed by atoms with Gasteiger partial charge >= 0.3 is 11.9 Å². The number of hydrogen-bond acceptors (Lipinski definition) is 10. The van der Waals surface area contributed by atoms with Crippen LogP contribution >= 0.6 is 0 Å². The molecule has 2 aliphatic rings. The number of benzene rings is 2. The van der Waals surface area contributed by atoms with Gasteiger partial charge in [0.05, 0.1) is 6.10 Å². The van der Waals surface area contributed by atoms with Gasteiger partial charge < -0.3 is 40.3 Å². The number of carbonyl (C=O) groups is 3. The predicted molar refractivity (Wildman–Crippen MR) is 142 cm³/mol. The second kappa shape index (κ2) is 11.8. The molecular weight excluding hydrogens is 522 g/mol. The van der Waals surface area contributed by atoms with Gasteiger partial charge in [0.15, 0.2) is 17.6 Å². The van der Waals surface area contributed by atoms with Crippen molar-refractivity contribution in [1.82, 2.24) is 5.32 Å². The average molecular weight is 554 g/mol. The molecule has 1 unspecified atom stereocenters. The molecule has 2 saturated carbocycles. The maximum Gasteiger partial charge on any atom is 0.331 e. The number of ether oxygens (including phenoxy) is 2. The van der Waals surface area contributed by atoms with E-state index in [0.29, 0.717) is 16.7 Å². The summed E-state index contributed by atoms with van der Waals surface area (Å²) in [6, 6.07) is 8.62. The number of phenols is 3. The summed E-state index contributed by atoms with van der Waals surface area (Å²) in [5.41, 5.74) is -0.531. The minimum Gasteiger partial charge on any atom is -0.508 e. The largest absolute Gasteiger partial charge is 0.508 e. The van der Waals surface area contributed by atoms with Crippen molar-refractivity contribution in [2.45, 2.75) is 62.6 Å². The number of aromatic hydroxyl groups is 3. The minimum absolute atomic E-state index is 0.0459. The highest BCUT2D eigenvalue weighted by atomic mass is 16.6. The topological polar surface area (TPSA) is 183 Å². The van der Waals surface area contributed by atoms with E-state index < -0.39 is 60.3 Å². The first kappa shape index (κ1) is 28.7. The molecule has 0 aliphatic heterocycles. The normalized spacial score (nSPS) is 24.6. The summed E-state index contributed by atoms with van der Waals surface area (Å²) in [4.78, 5) is 38.0. The van der Waals surface area contributed by atoms with Crippen molar-refractivity contribution in [2.24, 2.45) is 0 Å². The molecule has 40 heavy (non-hydrogen) atoms. The van der Waals surface area contributed by atoms with Gasteiger partial charge in [-0.1, -0.05) is 18.2 Å². The molecule has 4 atom stereocenters. The summed E-state index contributed by atoms with van der Waals surface area (Å²) in [6.07, 6.45) is 1.12. The molecule has 0 spiro atoms. The van der Waals surface area contributed by atoms with Gasteiger partial charge in [-0.3, -0.25) is 4.79 Å². The van der Waals surface area contributed by atoms with E-state index in [9.17, 15) is 39.9 Å². The molecule has 0 aromatic heterocycles. The smallest absolute Gasteiger partial charge is 0.331 e. The fourth-order valence-electron chi connectivity index (χ4n) is 4.30. The van der Waals surface area contributed by atoms with Gasteiger partial charge in [-0.05, 0) is 66.8 Å². The van der Waals surface area contributed by atoms with Gasteiger partial charge in [0.1, 0.15) is 17.5 Å². The van der Waals surface area contributed by atoms with Gasteiger partial charge in [0.25, 0.3) is 5.91 Å². The zero-order valence-electron chi connectivity index (χ0n) is 21.7. The van der Waals surface area contributed by atoms with Gasteiger partial charge in [-0.25, -0.2) is 9.59 Å². The zero-order chi connectivity index (χ0) is 29.0. The van der Waals surface area contributed by atoms with E-state index in [-0.39, 0.29) is 17.5 Å². The van der Waals surface area contributed by atoms with Crippen LogP contribution < -0.4 is 5.32 Å². The molecule has 4 rings (SSSR count). The SMILES string of the molecule is Cc1ccc(/C=C/C(=O)OC2[C@H](O)C[C@](O)(C(=O)NC3CC3)C[C@H]2OC(=O)/C=C/c2ccc(O)c(O)c2)cc1O.